The molecule has 0 spiro atoms. The summed E-state index contributed by atoms with van der Waals surface area (Å²) in [5.41, 5.74) is 3.46. The summed E-state index contributed by atoms with van der Waals surface area (Å²) < 4.78 is 13.2. The van der Waals surface area contributed by atoms with Gasteiger partial charge in [0.05, 0.1) is 18.3 Å². The Hall–Kier alpha value is -3.21. The fourth-order valence-electron chi connectivity index (χ4n) is 2.83. The van der Waals surface area contributed by atoms with Gasteiger partial charge in [0.2, 0.25) is 5.91 Å². The molecule has 138 valence electrons. The quantitative estimate of drug-likeness (QED) is 0.627. The monoisotopic (exact) mass is 363 g/mol. The van der Waals surface area contributed by atoms with Crippen LogP contribution in [0.4, 0.5) is 21.6 Å². The molecule has 0 aliphatic heterocycles. The number of para-hydroxylation sites is 1. The van der Waals surface area contributed by atoms with Crippen LogP contribution in [0.1, 0.15) is 30.9 Å². The fourth-order valence-corrected chi connectivity index (χ4v) is 2.83. The van der Waals surface area contributed by atoms with Crippen LogP contribution in [0.3, 0.4) is 0 Å². The first-order valence-corrected chi connectivity index (χ1v) is 8.87. The number of carbonyl (C=O) groups is 1. The highest BCUT2D eigenvalue weighted by Crippen LogP contribution is 2.26. The number of halogens is 1. The second kappa shape index (κ2) is 8.45. The van der Waals surface area contributed by atoms with Crippen LogP contribution in [0, 0.1) is 5.82 Å². The first-order valence-electron chi connectivity index (χ1n) is 8.87. The summed E-state index contributed by atoms with van der Waals surface area (Å²) in [5.74, 6) is 0.536. The SMILES string of the molecule is CC(C)c1ccccc1Nc1ccc(NC(=O)Cc2cccc(F)c2)cn1. The van der Waals surface area contributed by atoms with E-state index < -0.39 is 0 Å². The second-order valence-electron chi connectivity index (χ2n) is 6.65. The molecule has 27 heavy (non-hydrogen) atoms. The van der Waals surface area contributed by atoms with Crippen LogP contribution in [0.2, 0.25) is 0 Å². The minimum absolute atomic E-state index is 0.111. The van der Waals surface area contributed by atoms with Gasteiger partial charge in [-0.15, -0.1) is 0 Å². The Kier molecular flexibility index (Phi) is 5.81. The maximum Gasteiger partial charge on any atom is 0.228 e. The minimum Gasteiger partial charge on any atom is -0.340 e. The summed E-state index contributed by atoms with van der Waals surface area (Å²) in [4.78, 5) is 16.5. The molecule has 0 atom stereocenters. The van der Waals surface area contributed by atoms with Crippen LogP contribution in [0.5, 0.6) is 0 Å². The van der Waals surface area contributed by atoms with E-state index in [9.17, 15) is 9.18 Å². The van der Waals surface area contributed by atoms with Gasteiger partial charge >= 0.3 is 0 Å². The van der Waals surface area contributed by atoms with Crippen molar-refractivity contribution in [3.05, 3.63) is 83.8 Å². The Morgan fingerprint density at radius 2 is 1.89 bits per heavy atom. The fraction of sp³-hybridized carbons (Fsp3) is 0.182. The van der Waals surface area contributed by atoms with E-state index in [1.165, 1.54) is 17.7 Å². The van der Waals surface area contributed by atoms with Gasteiger partial charge < -0.3 is 10.6 Å². The number of anilines is 3. The molecule has 1 aromatic heterocycles. The molecular weight excluding hydrogens is 341 g/mol. The third-order valence-corrected chi connectivity index (χ3v) is 4.15. The molecule has 1 amide bonds. The summed E-state index contributed by atoms with van der Waals surface area (Å²) >= 11 is 0. The molecule has 5 heteroatoms. The number of amides is 1. The smallest absolute Gasteiger partial charge is 0.228 e. The van der Waals surface area contributed by atoms with E-state index >= 15 is 0 Å². The molecule has 3 aromatic rings. The van der Waals surface area contributed by atoms with Crippen molar-refractivity contribution in [3.63, 3.8) is 0 Å². The number of hydrogen-bond donors (Lipinski definition) is 2. The molecular formula is C22H22FN3O. The molecule has 3 rings (SSSR count). The van der Waals surface area contributed by atoms with E-state index in [1.54, 1.807) is 24.4 Å². The number of nitrogens with one attached hydrogen (secondary N) is 2. The number of aromatic nitrogens is 1. The number of carbonyl (C=O) groups excluding carboxylic acids is 1. The highest BCUT2D eigenvalue weighted by atomic mass is 19.1. The average Bonchev–Trinajstić information content (AvgIpc) is 2.63. The molecule has 0 saturated carbocycles. The van der Waals surface area contributed by atoms with Gasteiger partial charge in [0.15, 0.2) is 0 Å². The zero-order valence-corrected chi connectivity index (χ0v) is 15.4. The van der Waals surface area contributed by atoms with Gasteiger partial charge in [-0.25, -0.2) is 9.37 Å². The summed E-state index contributed by atoms with van der Waals surface area (Å²) in [6.45, 7) is 4.29. The Bertz CT molecular complexity index is 923. The summed E-state index contributed by atoms with van der Waals surface area (Å²) in [7, 11) is 0. The zero-order chi connectivity index (χ0) is 19.2. The molecule has 2 aromatic carbocycles. The minimum atomic E-state index is -0.348. The number of rotatable bonds is 6. The lowest BCUT2D eigenvalue weighted by molar-refractivity contribution is -0.115. The first kappa shape index (κ1) is 18.6. The van der Waals surface area contributed by atoms with Crippen molar-refractivity contribution >= 4 is 23.1 Å². The second-order valence-corrected chi connectivity index (χ2v) is 6.65. The van der Waals surface area contributed by atoms with Crippen molar-refractivity contribution in [2.45, 2.75) is 26.2 Å². The lowest BCUT2D eigenvalue weighted by atomic mass is 10.0. The highest BCUT2D eigenvalue weighted by Gasteiger charge is 2.08. The van der Waals surface area contributed by atoms with Crippen LogP contribution in [-0.2, 0) is 11.2 Å². The van der Waals surface area contributed by atoms with Crippen LogP contribution in [-0.4, -0.2) is 10.9 Å². The lowest BCUT2D eigenvalue weighted by Crippen LogP contribution is -2.14. The van der Waals surface area contributed by atoms with E-state index in [2.05, 4.69) is 35.5 Å². The van der Waals surface area contributed by atoms with E-state index in [0.717, 1.165) is 5.69 Å². The van der Waals surface area contributed by atoms with Crippen molar-refractivity contribution in [2.75, 3.05) is 10.6 Å². The Balaban J connectivity index is 1.63. The first-order chi connectivity index (χ1) is 13.0. The van der Waals surface area contributed by atoms with E-state index in [4.69, 9.17) is 0 Å². The Morgan fingerprint density at radius 1 is 1.07 bits per heavy atom. The molecule has 0 radical (unpaired) electrons. The lowest BCUT2D eigenvalue weighted by Gasteiger charge is -2.14. The van der Waals surface area contributed by atoms with Gasteiger partial charge in [-0.1, -0.05) is 44.2 Å². The van der Waals surface area contributed by atoms with Crippen molar-refractivity contribution in [1.29, 1.82) is 0 Å². The summed E-state index contributed by atoms with van der Waals surface area (Å²) in [5, 5.41) is 6.09. The standard InChI is InChI=1S/C22H22FN3O/c1-15(2)19-8-3-4-9-20(19)26-21-11-10-18(14-24-21)25-22(27)13-16-6-5-7-17(23)12-16/h3-12,14-15H,13H2,1-2H3,(H,24,26)(H,25,27). The highest BCUT2D eigenvalue weighted by molar-refractivity contribution is 5.92. The Morgan fingerprint density at radius 3 is 2.59 bits per heavy atom. The Labute approximate surface area is 158 Å². The summed E-state index contributed by atoms with van der Waals surface area (Å²) in [6.07, 6.45) is 1.71. The normalized spacial score (nSPS) is 10.7. The largest absolute Gasteiger partial charge is 0.340 e. The van der Waals surface area contributed by atoms with E-state index in [-0.39, 0.29) is 18.1 Å². The van der Waals surface area contributed by atoms with Gasteiger partial charge in [0.25, 0.3) is 0 Å². The third kappa shape index (κ3) is 5.14. The summed E-state index contributed by atoms with van der Waals surface area (Å²) in [6, 6.07) is 17.7. The molecule has 0 aliphatic rings. The molecule has 0 saturated heterocycles. The van der Waals surface area contributed by atoms with Crippen LogP contribution in [0.15, 0.2) is 66.9 Å². The third-order valence-electron chi connectivity index (χ3n) is 4.15. The van der Waals surface area contributed by atoms with Crippen LogP contribution < -0.4 is 10.6 Å². The van der Waals surface area contributed by atoms with Gasteiger partial charge in [0, 0.05) is 5.69 Å². The molecule has 0 aliphatic carbocycles. The predicted molar refractivity (Wildman–Crippen MR) is 107 cm³/mol. The number of pyridine rings is 1. The molecule has 2 N–H and O–H groups in total. The topological polar surface area (TPSA) is 54.0 Å². The molecule has 0 fully saturated rings. The molecule has 0 bridgehead atoms. The van der Waals surface area contributed by atoms with Crippen LogP contribution in [0.25, 0.3) is 0 Å². The van der Waals surface area contributed by atoms with Crippen molar-refractivity contribution in [3.8, 4) is 0 Å². The van der Waals surface area contributed by atoms with E-state index in [1.807, 2.05) is 24.3 Å². The van der Waals surface area contributed by atoms with Crippen molar-refractivity contribution in [2.24, 2.45) is 0 Å². The maximum absolute atomic E-state index is 13.2. The molecule has 4 nitrogen and oxygen atoms in total. The predicted octanol–water partition coefficient (Wildman–Crippen LogP) is 5.27. The van der Waals surface area contributed by atoms with Gasteiger partial charge in [-0.05, 0) is 47.4 Å². The van der Waals surface area contributed by atoms with Gasteiger partial charge in [-0.2, -0.15) is 0 Å². The van der Waals surface area contributed by atoms with Crippen molar-refractivity contribution < 1.29 is 9.18 Å². The molecule has 1 heterocycles. The van der Waals surface area contributed by atoms with Crippen LogP contribution >= 0.6 is 0 Å². The molecule has 0 unspecified atom stereocenters. The average molecular weight is 363 g/mol. The number of hydrogen-bond acceptors (Lipinski definition) is 3. The number of benzene rings is 2. The van der Waals surface area contributed by atoms with E-state index in [0.29, 0.717) is 23.0 Å². The van der Waals surface area contributed by atoms with Gasteiger partial charge in [-0.3, -0.25) is 4.79 Å². The zero-order valence-electron chi connectivity index (χ0n) is 15.4. The van der Waals surface area contributed by atoms with Crippen molar-refractivity contribution in [1.82, 2.24) is 4.98 Å². The number of nitrogens with zero attached hydrogens (tertiary/aromatic N) is 1. The van der Waals surface area contributed by atoms with Gasteiger partial charge in [0.1, 0.15) is 11.6 Å². The maximum atomic E-state index is 13.2.